The van der Waals surface area contributed by atoms with Crippen LogP contribution in [0.5, 0.6) is 0 Å². The number of hydrogen-bond donors (Lipinski definition) is 0. The number of thioether (sulfide) groups is 1. The van der Waals surface area contributed by atoms with Crippen molar-refractivity contribution in [3.63, 3.8) is 0 Å². The van der Waals surface area contributed by atoms with Crippen molar-refractivity contribution >= 4 is 11.8 Å². The standard InChI is InChI=1S/C12H16N2S/c1-14(7-8-15-2)10-12-6-4-3-5-11(12)9-13/h3-6H,7-8,10H2,1-2H3. The topological polar surface area (TPSA) is 27.0 Å². The van der Waals surface area contributed by atoms with E-state index in [1.807, 2.05) is 36.0 Å². The van der Waals surface area contributed by atoms with Crippen molar-refractivity contribution in [2.45, 2.75) is 6.54 Å². The maximum atomic E-state index is 8.93. The number of benzene rings is 1. The second-order valence-corrected chi connectivity index (χ2v) is 4.49. The molecule has 0 saturated carbocycles. The van der Waals surface area contributed by atoms with Crippen LogP contribution in [0.15, 0.2) is 24.3 Å². The Bertz CT molecular complexity index is 344. The minimum Gasteiger partial charge on any atom is -0.301 e. The van der Waals surface area contributed by atoms with E-state index < -0.39 is 0 Å². The van der Waals surface area contributed by atoms with Crippen molar-refractivity contribution in [1.82, 2.24) is 4.90 Å². The van der Waals surface area contributed by atoms with Crippen LogP contribution >= 0.6 is 11.8 Å². The molecule has 1 aromatic rings. The molecule has 0 aromatic heterocycles. The summed E-state index contributed by atoms with van der Waals surface area (Å²) in [4.78, 5) is 2.24. The summed E-state index contributed by atoms with van der Waals surface area (Å²) >= 11 is 1.84. The monoisotopic (exact) mass is 220 g/mol. The summed E-state index contributed by atoms with van der Waals surface area (Å²) in [5.41, 5.74) is 1.90. The van der Waals surface area contributed by atoms with Crippen molar-refractivity contribution in [2.24, 2.45) is 0 Å². The number of hydrogen-bond acceptors (Lipinski definition) is 3. The molecule has 15 heavy (non-hydrogen) atoms. The van der Waals surface area contributed by atoms with Gasteiger partial charge in [0.25, 0.3) is 0 Å². The maximum Gasteiger partial charge on any atom is 0.0995 e. The smallest absolute Gasteiger partial charge is 0.0995 e. The van der Waals surface area contributed by atoms with E-state index in [0.717, 1.165) is 30.0 Å². The van der Waals surface area contributed by atoms with Gasteiger partial charge in [0.15, 0.2) is 0 Å². The van der Waals surface area contributed by atoms with Gasteiger partial charge in [-0.25, -0.2) is 0 Å². The lowest BCUT2D eigenvalue weighted by molar-refractivity contribution is 0.348. The molecule has 3 heteroatoms. The highest BCUT2D eigenvalue weighted by Crippen LogP contribution is 2.09. The summed E-state index contributed by atoms with van der Waals surface area (Å²) in [6.07, 6.45) is 2.11. The van der Waals surface area contributed by atoms with Crippen molar-refractivity contribution in [3.8, 4) is 6.07 Å². The molecule has 0 radical (unpaired) electrons. The zero-order valence-electron chi connectivity index (χ0n) is 9.23. The predicted molar refractivity (Wildman–Crippen MR) is 65.9 cm³/mol. The van der Waals surface area contributed by atoms with Crippen LogP contribution in [0.25, 0.3) is 0 Å². The first-order chi connectivity index (χ1) is 7.27. The van der Waals surface area contributed by atoms with Crippen LogP contribution in [-0.2, 0) is 6.54 Å². The zero-order chi connectivity index (χ0) is 11.1. The largest absolute Gasteiger partial charge is 0.301 e. The number of nitriles is 1. The van der Waals surface area contributed by atoms with E-state index in [-0.39, 0.29) is 0 Å². The summed E-state index contributed by atoms with van der Waals surface area (Å²) in [6.45, 7) is 1.91. The van der Waals surface area contributed by atoms with Gasteiger partial charge in [0.1, 0.15) is 0 Å². The Labute approximate surface area is 95.9 Å². The first-order valence-electron chi connectivity index (χ1n) is 4.93. The summed E-state index contributed by atoms with van der Waals surface area (Å²) < 4.78 is 0. The molecule has 80 valence electrons. The fourth-order valence-electron chi connectivity index (χ4n) is 1.38. The molecule has 0 atom stereocenters. The van der Waals surface area contributed by atoms with Crippen molar-refractivity contribution < 1.29 is 0 Å². The fraction of sp³-hybridized carbons (Fsp3) is 0.417. The predicted octanol–water partition coefficient (Wildman–Crippen LogP) is 2.35. The van der Waals surface area contributed by atoms with E-state index in [4.69, 9.17) is 5.26 Å². The minimum atomic E-state index is 0.786. The molecule has 0 N–H and O–H groups in total. The summed E-state index contributed by atoms with van der Waals surface area (Å²) in [5, 5.41) is 8.93. The average molecular weight is 220 g/mol. The molecule has 0 bridgehead atoms. The molecule has 0 spiro atoms. The maximum absolute atomic E-state index is 8.93. The molecule has 0 fully saturated rings. The lowest BCUT2D eigenvalue weighted by Crippen LogP contribution is -2.21. The van der Waals surface area contributed by atoms with Crippen LogP contribution in [0.2, 0.25) is 0 Å². The second-order valence-electron chi connectivity index (χ2n) is 3.50. The number of nitrogens with zero attached hydrogens (tertiary/aromatic N) is 2. The highest BCUT2D eigenvalue weighted by atomic mass is 32.2. The highest BCUT2D eigenvalue weighted by molar-refractivity contribution is 7.98. The van der Waals surface area contributed by atoms with Gasteiger partial charge >= 0.3 is 0 Å². The molecule has 1 aromatic carbocycles. The van der Waals surface area contributed by atoms with Gasteiger partial charge in [0.05, 0.1) is 11.6 Å². The van der Waals surface area contributed by atoms with E-state index in [9.17, 15) is 0 Å². The van der Waals surface area contributed by atoms with E-state index in [1.165, 1.54) is 0 Å². The first kappa shape index (κ1) is 12.1. The average Bonchev–Trinajstić information content (AvgIpc) is 2.27. The van der Waals surface area contributed by atoms with Gasteiger partial charge in [-0.3, -0.25) is 0 Å². The van der Waals surface area contributed by atoms with E-state index in [0.29, 0.717) is 0 Å². The molecular weight excluding hydrogens is 204 g/mol. The Hall–Kier alpha value is -0.980. The van der Waals surface area contributed by atoms with E-state index in [1.54, 1.807) is 0 Å². The molecule has 0 aliphatic carbocycles. The van der Waals surface area contributed by atoms with Crippen LogP contribution < -0.4 is 0 Å². The molecule has 0 saturated heterocycles. The van der Waals surface area contributed by atoms with Gasteiger partial charge in [0.2, 0.25) is 0 Å². The van der Waals surface area contributed by atoms with Crippen molar-refractivity contribution in [3.05, 3.63) is 35.4 Å². The highest BCUT2D eigenvalue weighted by Gasteiger charge is 2.03. The van der Waals surface area contributed by atoms with Gasteiger partial charge in [-0.2, -0.15) is 17.0 Å². The van der Waals surface area contributed by atoms with Crippen LogP contribution in [0.1, 0.15) is 11.1 Å². The lowest BCUT2D eigenvalue weighted by Gasteiger charge is -2.16. The molecular formula is C12H16N2S. The van der Waals surface area contributed by atoms with Crippen LogP contribution in [0.4, 0.5) is 0 Å². The van der Waals surface area contributed by atoms with Gasteiger partial charge < -0.3 is 4.90 Å². The van der Waals surface area contributed by atoms with E-state index in [2.05, 4.69) is 24.3 Å². The second kappa shape index (κ2) is 6.49. The van der Waals surface area contributed by atoms with E-state index >= 15 is 0 Å². The minimum absolute atomic E-state index is 0.786. The van der Waals surface area contributed by atoms with Crippen molar-refractivity contribution in [1.29, 1.82) is 5.26 Å². The van der Waals surface area contributed by atoms with Crippen molar-refractivity contribution in [2.75, 3.05) is 25.6 Å². The Morgan fingerprint density at radius 3 is 2.80 bits per heavy atom. The van der Waals surface area contributed by atoms with Gasteiger partial charge in [-0.1, -0.05) is 18.2 Å². The van der Waals surface area contributed by atoms with Crippen LogP contribution in [-0.4, -0.2) is 30.5 Å². The summed E-state index contributed by atoms with van der Waals surface area (Å²) in [7, 11) is 2.09. The summed E-state index contributed by atoms with van der Waals surface area (Å²) in [6, 6.07) is 10.0. The third-order valence-electron chi connectivity index (χ3n) is 2.26. The lowest BCUT2D eigenvalue weighted by atomic mass is 10.1. The quantitative estimate of drug-likeness (QED) is 0.762. The van der Waals surface area contributed by atoms with Gasteiger partial charge in [0, 0.05) is 18.8 Å². The first-order valence-corrected chi connectivity index (χ1v) is 6.32. The van der Waals surface area contributed by atoms with Crippen LogP contribution in [0.3, 0.4) is 0 Å². The van der Waals surface area contributed by atoms with Gasteiger partial charge in [-0.05, 0) is 24.9 Å². The van der Waals surface area contributed by atoms with Crippen LogP contribution in [0, 0.1) is 11.3 Å². The SMILES string of the molecule is CSCCN(C)Cc1ccccc1C#N. The molecule has 0 unspecified atom stereocenters. The summed E-state index contributed by atoms with van der Waals surface area (Å²) in [5.74, 6) is 1.13. The zero-order valence-corrected chi connectivity index (χ0v) is 10.0. The third-order valence-corrected chi connectivity index (χ3v) is 2.85. The number of rotatable bonds is 5. The fourth-order valence-corrected chi connectivity index (χ4v) is 1.88. The Morgan fingerprint density at radius 2 is 2.13 bits per heavy atom. The molecule has 2 nitrogen and oxygen atoms in total. The third kappa shape index (κ3) is 3.94. The molecule has 0 aliphatic heterocycles. The van der Waals surface area contributed by atoms with Gasteiger partial charge in [-0.15, -0.1) is 0 Å². The molecule has 0 amide bonds. The Balaban J connectivity index is 2.60. The Morgan fingerprint density at radius 1 is 1.40 bits per heavy atom. The normalized spacial score (nSPS) is 10.3. The molecule has 0 aliphatic rings. The Kier molecular flexibility index (Phi) is 5.23. The molecule has 1 rings (SSSR count). The molecule has 0 heterocycles.